The predicted molar refractivity (Wildman–Crippen MR) is 71.5 cm³/mol. The molecule has 0 aromatic carbocycles. The van der Waals surface area contributed by atoms with Crippen molar-refractivity contribution >= 4 is 5.78 Å². The van der Waals surface area contributed by atoms with Crippen LogP contribution in [0.1, 0.15) is 53.4 Å². The quantitative estimate of drug-likeness (QED) is 0.670. The Bertz CT molecular complexity index is 382. The first-order valence-corrected chi connectivity index (χ1v) is 7.17. The molecule has 2 saturated carbocycles. The van der Waals surface area contributed by atoms with Gasteiger partial charge in [0.05, 0.1) is 23.2 Å². The third-order valence-corrected chi connectivity index (χ3v) is 5.42. The zero-order valence-corrected chi connectivity index (χ0v) is 12.3. The van der Waals surface area contributed by atoms with Crippen LogP contribution in [0, 0.1) is 17.3 Å². The summed E-state index contributed by atoms with van der Waals surface area (Å²) in [6.07, 6.45) is 1.64. The largest absolute Gasteiger partial charge is 0.393 e. The maximum Gasteiger partial charge on any atom is 0.145 e. The fourth-order valence-corrected chi connectivity index (χ4v) is 4.25. The van der Waals surface area contributed by atoms with Gasteiger partial charge < -0.3 is 15.3 Å². The molecular weight excluding hydrogens is 244 g/mol. The van der Waals surface area contributed by atoms with Crippen molar-refractivity contribution < 1.29 is 20.1 Å². The Morgan fingerprint density at radius 3 is 2.32 bits per heavy atom. The second-order valence-corrected chi connectivity index (χ2v) is 7.50. The Hall–Kier alpha value is -0.450. The number of aliphatic hydroxyl groups excluding tert-OH is 1. The molecule has 3 N–H and O–H groups in total. The van der Waals surface area contributed by atoms with Crippen molar-refractivity contribution in [1.82, 2.24) is 0 Å². The van der Waals surface area contributed by atoms with Gasteiger partial charge in [-0.05, 0) is 46.5 Å². The van der Waals surface area contributed by atoms with Crippen LogP contribution in [0.3, 0.4) is 0 Å². The minimum absolute atomic E-state index is 0.0926. The molecule has 0 radical (unpaired) electrons. The first-order valence-electron chi connectivity index (χ1n) is 7.17. The van der Waals surface area contributed by atoms with E-state index in [-0.39, 0.29) is 5.78 Å². The summed E-state index contributed by atoms with van der Waals surface area (Å²) in [5.41, 5.74) is -2.73. The van der Waals surface area contributed by atoms with Crippen LogP contribution in [0.2, 0.25) is 0 Å². The highest BCUT2D eigenvalue weighted by Gasteiger charge is 2.60. The van der Waals surface area contributed by atoms with Gasteiger partial charge in [0, 0.05) is 11.3 Å². The summed E-state index contributed by atoms with van der Waals surface area (Å²) in [4.78, 5) is 12.7. The molecule has 0 unspecified atom stereocenters. The van der Waals surface area contributed by atoms with Gasteiger partial charge in [0.2, 0.25) is 0 Å². The van der Waals surface area contributed by atoms with Gasteiger partial charge in [-0.15, -0.1) is 0 Å². The summed E-state index contributed by atoms with van der Waals surface area (Å²) < 4.78 is 0. The maximum atomic E-state index is 12.7. The molecule has 4 nitrogen and oxygen atoms in total. The van der Waals surface area contributed by atoms with Gasteiger partial charge in [-0.25, -0.2) is 0 Å². The molecule has 5 atom stereocenters. The fourth-order valence-electron chi connectivity index (χ4n) is 4.25. The minimum atomic E-state index is -1.09. The second kappa shape index (κ2) is 4.27. The monoisotopic (exact) mass is 270 g/mol. The lowest BCUT2D eigenvalue weighted by Gasteiger charge is -2.56. The minimum Gasteiger partial charge on any atom is -0.393 e. The molecule has 0 aliphatic heterocycles. The number of aliphatic hydroxyl groups is 3. The third-order valence-electron chi connectivity index (χ3n) is 5.42. The Labute approximate surface area is 114 Å². The van der Waals surface area contributed by atoms with Crippen molar-refractivity contribution in [2.24, 2.45) is 17.3 Å². The van der Waals surface area contributed by atoms with E-state index in [0.717, 1.165) is 0 Å². The van der Waals surface area contributed by atoms with E-state index in [1.807, 2.05) is 6.92 Å². The normalized spacial score (nSPS) is 47.9. The number of ketones is 1. The second-order valence-electron chi connectivity index (χ2n) is 7.50. The smallest absolute Gasteiger partial charge is 0.145 e. The lowest BCUT2D eigenvalue weighted by Crippen LogP contribution is -2.63. The molecule has 4 heteroatoms. The maximum absolute atomic E-state index is 12.7. The highest BCUT2D eigenvalue weighted by atomic mass is 16.3. The molecule has 19 heavy (non-hydrogen) atoms. The van der Waals surface area contributed by atoms with E-state index in [0.29, 0.717) is 25.7 Å². The summed E-state index contributed by atoms with van der Waals surface area (Å²) >= 11 is 0. The topological polar surface area (TPSA) is 77.8 Å². The molecule has 110 valence electrons. The van der Waals surface area contributed by atoms with Gasteiger partial charge in [-0.2, -0.15) is 0 Å². The van der Waals surface area contributed by atoms with Crippen LogP contribution in [0.5, 0.6) is 0 Å². The van der Waals surface area contributed by atoms with Crippen LogP contribution >= 0.6 is 0 Å². The summed E-state index contributed by atoms with van der Waals surface area (Å²) in [5.74, 6) is -1.14. The Morgan fingerprint density at radius 1 is 1.21 bits per heavy atom. The third kappa shape index (κ3) is 2.24. The zero-order valence-electron chi connectivity index (χ0n) is 12.3. The zero-order chi connectivity index (χ0) is 14.6. The Morgan fingerprint density at radius 2 is 1.79 bits per heavy atom. The van der Waals surface area contributed by atoms with E-state index in [2.05, 4.69) is 0 Å². The van der Waals surface area contributed by atoms with Crippen molar-refractivity contribution in [3.8, 4) is 0 Å². The number of hydrogen-bond donors (Lipinski definition) is 3. The van der Waals surface area contributed by atoms with Crippen LogP contribution in [-0.4, -0.2) is 38.4 Å². The summed E-state index contributed by atoms with van der Waals surface area (Å²) in [5, 5.41) is 31.0. The average molecular weight is 270 g/mol. The van der Waals surface area contributed by atoms with Crippen molar-refractivity contribution in [3.63, 3.8) is 0 Å². The van der Waals surface area contributed by atoms with E-state index in [1.165, 1.54) is 0 Å². The van der Waals surface area contributed by atoms with E-state index >= 15 is 0 Å². The summed E-state index contributed by atoms with van der Waals surface area (Å²) in [7, 11) is 0. The average Bonchev–Trinajstić information content (AvgIpc) is 2.22. The highest BCUT2D eigenvalue weighted by Crippen LogP contribution is 2.55. The molecule has 2 aliphatic rings. The standard InChI is InChI=1S/C15H26O4/c1-13(2,18)9-5-7-14(3)10(16)6-8-15(4,19)12(14)11(9)17/h9-10,12,16,18-19H,5-8H2,1-4H3/t9-,10+,12-,14+,15+/m1/s1. The van der Waals surface area contributed by atoms with Crippen LogP contribution in [0.15, 0.2) is 0 Å². The molecule has 2 rings (SSSR count). The van der Waals surface area contributed by atoms with Crippen molar-refractivity contribution in [3.05, 3.63) is 0 Å². The molecule has 0 aromatic heterocycles. The molecule has 0 amide bonds. The van der Waals surface area contributed by atoms with Gasteiger partial charge in [-0.1, -0.05) is 6.92 Å². The lowest BCUT2D eigenvalue weighted by atomic mass is 9.50. The molecule has 0 spiro atoms. The van der Waals surface area contributed by atoms with Crippen LogP contribution in [-0.2, 0) is 4.79 Å². The SMILES string of the molecule is CC(C)(O)[C@@H]1CC[C@]2(C)[C@@H](C1=O)[C@@](C)(O)CC[C@@H]2O. The highest BCUT2D eigenvalue weighted by molar-refractivity contribution is 5.87. The lowest BCUT2D eigenvalue weighted by molar-refractivity contribution is -0.190. The van der Waals surface area contributed by atoms with Gasteiger partial charge in [0.1, 0.15) is 5.78 Å². The van der Waals surface area contributed by atoms with Crippen LogP contribution in [0.25, 0.3) is 0 Å². The van der Waals surface area contributed by atoms with Crippen LogP contribution < -0.4 is 0 Å². The number of fused-ring (bicyclic) bond motifs is 1. The molecule has 2 fully saturated rings. The van der Waals surface area contributed by atoms with Crippen molar-refractivity contribution in [1.29, 1.82) is 0 Å². The van der Waals surface area contributed by atoms with Gasteiger partial charge in [0.25, 0.3) is 0 Å². The van der Waals surface area contributed by atoms with Gasteiger partial charge >= 0.3 is 0 Å². The van der Waals surface area contributed by atoms with E-state index in [9.17, 15) is 20.1 Å². The molecule has 0 aromatic rings. The molecule has 0 heterocycles. The first-order chi connectivity index (χ1) is 8.50. The first kappa shape index (κ1) is 14.9. The van der Waals surface area contributed by atoms with E-state index < -0.39 is 34.6 Å². The summed E-state index contributed by atoms with van der Waals surface area (Å²) in [6.45, 7) is 6.87. The van der Waals surface area contributed by atoms with Crippen molar-refractivity contribution in [2.75, 3.05) is 0 Å². The Kier molecular flexibility index (Phi) is 3.36. The van der Waals surface area contributed by atoms with Crippen molar-refractivity contribution in [2.45, 2.75) is 70.7 Å². The van der Waals surface area contributed by atoms with E-state index in [1.54, 1.807) is 20.8 Å². The molecule has 2 aliphatic carbocycles. The van der Waals surface area contributed by atoms with Gasteiger partial charge in [0.15, 0.2) is 0 Å². The molecule has 0 saturated heterocycles. The molecular formula is C15H26O4. The molecule has 0 bridgehead atoms. The number of hydrogen-bond acceptors (Lipinski definition) is 4. The summed E-state index contributed by atoms with van der Waals surface area (Å²) in [6, 6.07) is 0. The van der Waals surface area contributed by atoms with Gasteiger partial charge in [-0.3, -0.25) is 4.79 Å². The number of carbonyl (C=O) groups is 1. The predicted octanol–water partition coefficient (Wildman–Crippen LogP) is 1.26. The number of rotatable bonds is 1. The number of carbonyl (C=O) groups excluding carboxylic acids is 1. The van der Waals surface area contributed by atoms with E-state index in [4.69, 9.17) is 0 Å². The fraction of sp³-hybridized carbons (Fsp3) is 0.933. The number of Topliss-reactive ketones (excluding diaryl/α,β-unsaturated/α-hetero) is 1. The van der Waals surface area contributed by atoms with Crippen LogP contribution in [0.4, 0.5) is 0 Å². The Balaban J connectivity index is 2.40.